The molecule has 0 amide bonds. The van der Waals surface area contributed by atoms with Gasteiger partial charge in [0.15, 0.2) is 0 Å². The summed E-state index contributed by atoms with van der Waals surface area (Å²) in [6, 6.07) is 8.68. The minimum atomic E-state index is 0.393. The molecule has 2 rings (SSSR count). The van der Waals surface area contributed by atoms with E-state index >= 15 is 0 Å². The zero-order valence-electron chi connectivity index (χ0n) is 8.25. The van der Waals surface area contributed by atoms with Crippen LogP contribution in [-0.2, 0) is 6.42 Å². The largest absolute Gasteiger partial charge is 0.301 e. The van der Waals surface area contributed by atoms with Crippen LogP contribution in [0.25, 0.3) is 0 Å². The number of likely N-dealkylation sites (N-methyl/N-ethyl adjacent to an activating group) is 1. The van der Waals surface area contributed by atoms with Crippen LogP contribution >= 0.6 is 0 Å². The maximum atomic E-state index is 3.34. The summed E-state index contributed by atoms with van der Waals surface area (Å²) in [6.07, 6.45) is 1.56. The van der Waals surface area contributed by atoms with Crippen LogP contribution in [0.4, 0.5) is 0 Å². The molecule has 1 N–H and O–H groups in total. The van der Waals surface area contributed by atoms with Crippen molar-refractivity contribution >= 4 is 0 Å². The second-order valence-electron chi connectivity index (χ2n) is 3.62. The topological polar surface area (TPSA) is 15.3 Å². The molecule has 0 fully saturated rings. The van der Waals surface area contributed by atoms with Gasteiger partial charge in [-0.05, 0) is 31.6 Å². The molecule has 0 saturated heterocycles. The number of rotatable bonds is 1. The molecule has 70 valence electrons. The third-order valence-electron chi connectivity index (χ3n) is 2.80. The smallest absolute Gasteiger partial charge is 0.0858 e. The number of benzene rings is 1. The van der Waals surface area contributed by atoms with E-state index in [1.165, 1.54) is 17.5 Å². The Morgan fingerprint density at radius 1 is 1.38 bits per heavy atom. The third kappa shape index (κ3) is 1.47. The molecule has 0 saturated carbocycles. The predicted molar refractivity (Wildman–Crippen MR) is 54.6 cm³/mol. The highest BCUT2D eigenvalue weighted by Gasteiger charge is 2.21. The highest BCUT2D eigenvalue weighted by molar-refractivity contribution is 5.31. The highest BCUT2D eigenvalue weighted by Crippen LogP contribution is 2.25. The van der Waals surface area contributed by atoms with Crippen molar-refractivity contribution in [1.82, 2.24) is 10.2 Å². The average molecular weight is 176 g/mol. The number of nitrogens with one attached hydrogen (secondary N) is 1. The summed E-state index contributed by atoms with van der Waals surface area (Å²) >= 11 is 0. The van der Waals surface area contributed by atoms with Gasteiger partial charge >= 0.3 is 0 Å². The Morgan fingerprint density at radius 3 is 2.92 bits per heavy atom. The summed E-state index contributed by atoms with van der Waals surface area (Å²) in [5.41, 5.74) is 2.92. The first-order valence-electron chi connectivity index (χ1n) is 4.78. The van der Waals surface area contributed by atoms with E-state index in [0.29, 0.717) is 6.17 Å². The Bertz CT molecular complexity index is 296. The van der Waals surface area contributed by atoms with E-state index in [-0.39, 0.29) is 0 Å². The van der Waals surface area contributed by atoms with Crippen molar-refractivity contribution < 1.29 is 0 Å². The Kier molecular flexibility index (Phi) is 2.34. The Labute approximate surface area is 79.6 Å². The minimum Gasteiger partial charge on any atom is -0.301 e. The summed E-state index contributed by atoms with van der Waals surface area (Å²) in [5, 5.41) is 3.34. The van der Waals surface area contributed by atoms with Crippen LogP contribution in [0.1, 0.15) is 17.3 Å². The standard InChI is InChI=1S/C11H16N2/c1-12-11-10-6-4-3-5-9(10)7-8-13(11)2/h3-6,11-12H,7-8H2,1-2H3. The van der Waals surface area contributed by atoms with Gasteiger partial charge in [-0.25, -0.2) is 0 Å². The summed E-state index contributed by atoms with van der Waals surface area (Å²) in [4.78, 5) is 2.35. The summed E-state index contributed by atoms with van der Waals surface area (Å²) in [6.45, 7) is 1.14. The van der Waals surface area contributed by atoms with Crippen LogP contribution in [0.2, 0.25) is 0 Å². The van der Waals surface area contributed by atoms with E-state index in [9.17, 15) is 0 Å². The first kappa shape index (κ1) is 8.73. The molecule has 1 unspecified atom stereocenters. The van der Waals surface area contributed by atoms with Crippen molar-refractivity contribution in [3.8, 4) is 0 Å². The molecule has 1 heterocycles. The molecule has 0 bridgehead atoms. The molecule has 0 aromatic heterocycles. The molecule has 0 spiro atoms. The SMILES string of the molecule is CNC1c2ccccc2CCN1C. The fraction of sp³-hybridized carbons (Fsp3) is 0.455. The van der Waals surface area contributed by atoms with Gasteiger partial charge < -0.3 is 5.32 Å². The van der Waals surface area contributed by atoms with Crippen molar-refractivity contribution in [2.24, 2.45) is 0 Å². The lowest BCUT2D eigenvalue weighted by Crippen LogP contribution is -2.39. The minimum absolute atomic E-state index is 0.393. The van der Waals surface area contributed by atoms with Crippen molar-refractivity contribution in [1.29, 1.82) is 0 Å². The summed E-state index contributed by atoms with van der Waals surface area (Å²) in [5.74, 6) is 0. The van der Waals surface area contributed by atoms with Crippen LogP contribution in [0, 0.1) is 0 Å². The molecule has 1 atom stereocenters. The van der Waals surface area contributed by atoms with Gasteiger partial charge in [-0.3, -0.25) is 4.90 Å². The van der Waals surface area contributed by atoms with E-state index in [0.717, 1.165) is 6.54 Å². The number of fused-ring (bicyclic) bond motifs is 1. The van der Waals surface area contributed by atoms with Gasteiger partial charge in [-0.15, -0.1) is 0 Å². The molecule has 2 heteroatoms. The molecule has 1 aliphatic heterocycles. The van der Waals surface area contributed by atoms with Crippen molar-refractivity contribution in [3.05, 3.63) is 35.4 Å². The zero-order chi connectivity index (χ0) is 9.26. The molecule has 0 aliphatic carbocycles. The lowest BCUT2D eigenvalue weighted by atomic mass is 9.97. The van der Waals surface area contributed by atoms with Crippen LogP contribution in [0.15, 0.2) is 24.3 Å². The normalized spacial score (nSPS) is 22.8. The third-order valence-corrected chi connectivity index (χ3v) is 2.80. The van der Waals surface area contributed by atoms with Gasteiger partial charge in [0.1, 0.15) is 0 Å². The molecular weight excluding hydrogens is 160 g/mol. The van der Waals surface area contributed by atoms with E-state index in [1.54, 1.807) is 0 Å². The van der Waals surface area contributed by atoms with Gasteiger partial charge in [-0.2, -0.15) is 0 Å². The first-order valence-corrected chi connectivity index (χ1v) is 4.78. The van der Waals surface area contributed by atoms with Gasteiger partial charge in [0, 0.05) is 6.54 Å². The maximum Gasteiger partial charge on any atom is 0.0858 e. The van der Waals surface area contributed by atoms with E-state index in [4.69, 9.17) is 0 Å². The van der Waals surface area contributed by atoms with Gasteiger partial charge in [0.25, 0.3) is 0 Å². The van der Waals surface area contributed by atoms with E-state index in [1.807, 2.05) is 7.05 Å². The summed E-state index contributed by atoms with van der Waals surface area (Å²) in [7, 11) is 4.18. The molecule has 13 heavy (non-hydrogen) atoms. The van der Waals surface area contributed by atoms with E-state index < -0.39 is 0 Å². The van der Waals surface area contributed by atoms with Crippen molar-refractivity contribution in [3.63, 3.8) is 0 Å². The lowest BCUT2D eigenvalue weighted by Gasteiger charge is -2.34. The Morgan fingerprint density at radius 2 is 2.15 bits per heavy atom. The van der Waals surface area contributed by atoms with Crippen LogP contribution in [0.3, 0.4) is 0 Å². The Balaban J connectivity index is 2.39. The number of hydrogen-bond donors (Lipinski definition) is 1. The molecule has 1 aromatic carbocycles. The number of nitrogens with zero attached hydrogens (tertiary/aromatic N) is 1. The van der Waals surface area contributed by atoms with Crippen molar-refractivity contribution in [2.75, 3.05) is 20.6 Å². The number of hydrogen-bond acceptors (Lipinski definition) is 2. The fourth-order valence-corrected chi connectivity index (χ4v) is 2.07. The zero-order valence-corrected chi connectivity index (χ0v) is 8.25. The maximum absolute atomic E-state index is 3.34. The quantitative estimate of drug-likeness (QED) is 0.695. The van der Waals surface area contributed by atoms with Crippen LogP contribution in [0.5, 0.6) is 0 Å². The highest BCUT2D eigenvalue weighted by atomic mass is 15.2. The fourth-order valence-electron chi connectivity index (χ4n) is 2.07. The van der Waals surface area contributed by atoms with Crippen LogP contribution < -0.4 is 5.32 Å². The van der Waals surface area contributed by atoms with Crippen LogP contribution in [-0.4, -0.2) is 25.5 Å². The second kappa shape index (κ2) is 3.48. The molecule has 1 aromatic rings. The molecule has 1 aliphatic rings. The monoisotopic (exact) mass is 176 g/mol. The van der Waals surface area contributed by atoms with Gasteiger partial charge in [0.2, 0.25) is 0 Å². The average Bonchev–Trinajstić information content (AvgIpc) is 2.18. The van der Waals surface area contributed by atoms with E-state index in [2.05, 4.69) is 41.5 Å². The lowest BCUT2D eigenvalue weighted by molar-refractivity contribution is 0.203. The predicted octanol–water partition coefficient (Wildman–Crippen LogP) is 1.39. The summed E-state index contributed by atoms with van der Waals surface area (Å²) < 4.78 is 0. The van der Waals surface area contributed by atoms with Crippen molar-refractivity contribution in [2.45, 2.75) is 12.6 Å². The van der Waals surface area contributed by atoms with Gasteiger partial charge in [-0.1, -0.05) is 24.3 Å². The molecule has 2 nitrogen and oxygen atoms in total. The molecule has 0 radical (unpaired) electrons. The Hall–Kier alpha value is -0.860. The second-order valence-corrected chi connectivity index (χ2v) is 3.62. The van der Waals surface area contributed by atoms with Gasteiger partial charge in [0.05, 0.1) is 6.17 Å². The first-order chi connectivity index (χ1) is 6.33. The molecular formula is C11H16N2.